The lowest BCUT2D eigenvalue weighted by molar-refractivity contribution is 0.0732. The van der Waals surface area contributed by atoms with Crippen LogP contribution in [0.5, 0.6) is 23.0 Å². The third-order valence-corrected chi connectivity index (χ3v) is 6.92. The topological polar surface area (TPSA) is 76.0 Å². The monoisotopic (exact) mass is 526 g/mol. The molecular weight excluding hydrogens is 500 g/mol. The average Bonchev–Trinajstić information content (AvgIpc) is 2.97. The zero-order valence-corrected chi connectivity index (χ0v) is 21.8. The number of rotatable bonds is 6. The fraction of sp³-hybridized carbons (Fsp3) is 0.0571. The van der Waals surface area contributed by atoms with Gasteiger partial charge in [-0.1, -0.05) is 96.6 Å². The molecule has 0 saturated carbocycles. The molecular formula is C35H26O5. The molecule has 6 aromatic carbocycles. The number of carbonyl (C=O) groups excluding carboxylic acids is 1. The second kappa shape index (κ2) is 10.5. The lowest BCUT2D eigenvalue weighted by atomic mass is 9.89. The van der Waals surface area contributed by atoms with Crippen molar-refractivity contribution >= 4 is 27.5 Å². The number of phenolic OH excluding ortho intramolecular Hbond substituents is 2. The van der Waals surface area contributed by atoms with E-state index in [-0.39, 0.29) is 29.4 Å². The number of fused-ring (bicyclic) bond motifs is 2. The Bertz CT molecular complexity index is 1860. The van der Waals surface area contributed by atoms with Crippen molar-refractivity contribution in [3.63, 3.8) is 0 Å². The van der Waals surface area contributed by atoms with E-state index in [4.69, 9.17) is 9.47 Å². The molecule has 0 heterocycles. The number of phenols is 2. The predicted molar refractivity (Wildman–Crippen MR) is 157 cm³/mol. The molecule has 0 amide bonds. The standard InChI is InChI=1S/C35H26O5/c1-22-16-17-28-25(18-22)19-29(35(38)40-26-13-6-3-7-14-26)33(36)31(28)32-27-15-9-8-12-24(27)20-30(34(32)37)39-21-23-10-4-2-5-11-23/h2-20,36-37H,21H2,1H3. The molecule has 2 N–H and O–H groups in total. The summed E-state index contributed by atoms with van der Waals surface area (Å²) in [6, 6.07) is 35.1. The van der Waals surface area contributed by atoms with E-state index >= 15 is 0 Å². The second-order valence-corrected chi connectivity index (χ2v) is 9.67. The Labute approximate surface area is 231 Å². The summed E-state index contributed by atoms with van der Waals surface area (Å²) < 4.78 is 11.7. The molecule has 0 radical (unpaired) electrons. The van der Waals surface area contributed by atoms with Gasteiger partial charge in [-0.15, -0.1) is 0 Å². The van der Waals surface area contributed by atoms with Crippen LogP contribution in [0.1, 0.15) is 21.5 Å². The Hall–Kier alpha value is -5.29. The first kappa shape index (κ1) is 25.0. The van der Waals surface area contributed by atoms with Gasteiger partial charge in [-0.3, -0.25) is 0 Å². The Morgan fingerprint density at radius 1 is 0.675 bits per heavy atom. The van der Waals surface area contributed by atoms with Crippen LogP contribution in [0.3, 0.4) is 0 Å². The minimum atomic E-state index is -0.700. The van der Waals surface area contributed by atoms with E-state index in [1.165, 1.54) is 0 Å². The molecule has 0 aliphatic heterocycles. The van der Waals surface area contributed by atoms with E-state index in [1.54, 1.807) is 36.4 Å². The summed E-state index contributed by atoms with van der Waals surface area (Å²) in [5, 5.41) is 26.3. The van der Waals surface area contributed by atoms with Gasteiger partial charge in [-0.2, -0.15) is 0 Å². The summed E-state index contributed by atoms with van der Waals surface area (Å²) in [5.74, 6) is -0.469. The summed E-state index contributed by atoms with van der Waals surface area (Å²) in [4.78, 5) is 13.4. The summed E-state index contributed by atoms with van der Waals surface area (Å²) >= 11 is 0. The number of benzene rings is 6. The molecule has 0 aliphatic carbocycles. The smallest absolute Gasteiger partial charge is 0.347 e. The van der Waals surface area contributed by atoms with Crippen LogP contribution in [-0.4, -0.2) is 16.2 Å². The number of esters is 1. The van der Waals surface area contributed by atoms with Crippen LogP contribution in [0.2, 0.25) is 0 Å². The van der Waals surface area contributed by atoms with Crippen LogP contribution >= 0.6 is 0 Å². The fourth-order valence-electron chi connectivity index (χ4n) is 4.98. The maximum Gasteiger partial charge on any atom is 0.347 e. The van der Waals surface area contributed by atoms with Crippen LogP contribution < -0.4 is 9.47 Å². The SMILES string of the molecule is Cc1ccc2c(-c3c(O)c(OCc4ccccc4)cc4ccccc34)c(O)c(C(=O)Oc3ccccc3)cc2c1. The molecule has 0 aliphatic rings. The van der Waals surface area contributed by atoms with Crippen molar-refractivity contribution in [1.29, 1.82) is 0 Å². The molecule has 6 aromatic rings. The van der Waals surface area contributed by atoms with Gasteiger partial charge >= 0.3 is 5.97 Å². The highest BCUT2D eigenvalue weighted by Crippen LogP contribution is 2.50. The van der Waals surface area contributed by atoms with Gasteiger partial charge in [0.15, 0.2) is 11.5 Å². The summed E-state index contributed by atoms with van der Waals surface area (Å²) in [6.45, 7) is 2.21. The lowest BCUT2D eigenvalue weighted by Crippen LogP contribution is -2.09. The van der Waals surface area contributed by atoms with E-state index in [0.29, 0.717) is 27.6 Å². The van der Waals surface area contributed by atoms with Crippen LogP contribution in [0, 0.1) is 6.92 Å². The van der Waals surface area contributed by atoms with E-state index in [1.807, 2.05) is 85.8 Å². The zero-order valence-electron chi connectivity index (χ0n) is 21.8. The number of carbonyl (C=O) groups is 1. The van der Waals surface area contributed by atoms with Gasteiger partial charge in [0.05, 0.1) is 0 Å². The van der Waals surface area contributed by atoms with E-state index in [9.17, 15) is 15.0 Å². The maximum absolute atomic E-state index is 13.4. The van der Waals surface area contributed by atoms with Gasteiger partial charge in [0.25, 0.3) is 0 Å². The number of aryl methyl sites for hydroxylation is 1. The first-order valence-corrected chi connectivity index (χ1v) is 12.9. The molecule has 0 aromatic heterocycles. The van der Waals surface area contributed by atoms with Crippen molar-refractivity contribution in [3.05, 3.63) is 132 Å². The van der Waals surface area contributed by atoms with Crippen molar-refractivity contribution in [2.24, 2.45) is 0 Å². The Kier molecular flexibility index (Phi) is 6.54. The maximum atomic E-state index is 13.4. The van der Waals surface area contributed by atoms with Gasteiger partial charge in [0.2, 0.25) is 0 Å². The van der Waals surface area contributed by atoms with Crippen molar-refractivity contribution in [2.75, 3.05) is 0 Å². The first-order valence-electron chi connectivity index (χ1n) is 12.9. The molecule has 5 nitrogen and oxygen atoms in total. The van der Waals surface area contributed by atoms with Crippen LogP contribution in [0.4, 0.5) is 0 Å². The molecule has 0 atom stereocenters. The third-order valence-electron chi connectivity index (χ3n) is 6.92. The summed E-state index contributed by atoms with van der Waals surface area (Å²) in [5.41, 5.74) is 2.64. The van der Waals surface area contributed by atoms with E-state index in [0.717, 1.165) is 21.9 Å². The quantitative estimate of drug-likeness (QED) is 0.169. The lowest BCUT2D eigenvalue weighted by Gasteiger charge is -2.19. The molecule has 0 unspecified atom stereocenters. The van der Waals surface area contributed by atoms with Gasteiger partial charge < -0.3 is 19.7 Å². The first-order chi connectivity index (χ1) is 19.5. The predicted octanol–water partition coefficient (Wildman–Crippen LogP) is 8.18. The largest absolute Gasteiger partial charge is 0.506 e. The highest BCUT2D eigenvalue weighted by atomic mass is 16.5. The second-order valence-electron chi connectivity index (χ2n) is 9.67. The zero-order chi connectivity index (χ0) is 27.6. The Morgan fingerprint density at radius 2 is 1.32 bits per heavy atom. The van der Waals surface area contributed by atoms with Crippen molar-refractivity contribution in [3.8, 4) is 34.1 Å². The normalized spacial score (nSPS) is 11.0. The minimum absolute atomic E-state index is 0.00367. The van der Waals surface area contributed by atoms with Crippen molar-refractivity contribution < 1.29 is 24.5 Å². The van der Waals surface area contributed by atoms with E-state index < -0.39 is 5.97 Å². The molecule has 0 saturated heterocycles. The fourth-order valence-corrected chi connectivity index (χ4v) is 4.98. The number of ether oxygens (including phenoxy) is 2. The number of hydrogen-bond acceptors (Lipinski definition) is 5. The number of aromatic hydroxyl groups is 2. The van der Waals surface area contributed by atoms with Gasteiger partial charge in [-0.05, 0) is 58.3 Å². The third kappa shape index (κ3) is 4.69. The molecule has 0 fully saturated rings. The van der Waals surface area contributed by atoms with Crippen LogP contribution in [0.15, 0.2) is 115 Å². The van der Waals surface area contributed by atoms with E-state index in [2.05, 4.69) is 0 Å². The van der Waals surface area contributed by atoms with Crippen LogP contribution in [-0.2, 0) is 6.61 Å². The molecule has 6 rings (SSSR count). The summed E-state index contributed by atoms with van der Waals surface area (Å²) in [6.07, 6.45) is 0. The highest BCUT2D eigenvalue weighted by Gasteiger charge is 2.26. The number of hydrogen-bond donors (Lipinski definition) is 2. The summed E-state index contributed by atoms with van der Waals surface area (Å²) in [7, 11) is 0. The van der Waals surface area contributed by atoms with Crippen molar-refractivity contribution in [2.45, 2.75) is 13.5 Å². The number of para-hydroxylation sites is 1. The molecule has 40 heavy (non-hydrogen) atoms. The Morgan fingerprint density at radius 3 is 2.10 bits per heavy atom. The molecule has 0 spiro atoms. The minimum Gasteiger partial charge on any atom is -0.506 e. The molecule has 0 bridgehead atoms. The molecule has 5 heteroatoms. The highest BCUT2D eigenvalue weighted by molar-refractivity contribution is 6.14. The molecule has 196 valence electrons. The average molecular weight is 527 g/mol. The van der Waals surface area contributed by atoms with Gasteiger partial charge in [0.1, 0.15) is 23.7 Å². The van der Waals surface area contributed by atoms with Crippen LogP contribution in [0.25, 0.3) is 32.7 Å². The van der Waals surface area contributed by atoms with Gasteiger partial charge in [0, 0.05) is 11.1 Å². The van der Waals surface area contributed by atoms with Gasteiger partial charge in [-0.25, -0.2) is 4.79 Å². The van der Waals surface area contributed by atoms with Crippen molar-refractivity contribution in [1.82, 2.24) is 0 Å². The Balaban J connectivity index is 1.57.